The van der Waals surface area contributed by atoms with Gasteiger partial charge in [-0.2, -0.15) is 5.10 Å². The molecule has 0 fully saturated rings. The molecular weight excluding hydrogens is 332 g/mol. The van der Waals surface area contributed by atoms with Crippen molar-refractivity contribution in [3.63, 3.8) is 0 Å². The highest BCUT2D eigenvalue weighted by atomic mass is 32.1. The number of hydrogen-bond acceptors (Lipinski definition) is 4. The van der Waals surface area contributed by atoms with Crippen LogP contribution in [0.3, 0.4) is 0 Å². The summed E-state index contributed by atoms with van der Waals surface area (Å²) in [6.45, 7) is 2.05. The maximum Gasteiger partial charge on any atom is 0.348 e. The highest BCUT2D eigenvalue weighted by molar-refractivity contribution is 7.78. The van der Waals surface area contributed by atoms with Gasteiger partial charge in [0.15, 0.2) is 0 Å². The van der Waals surface area contributed by atoms with E-state index in [0.717, 1.165) is 22.5 Å². The Labute approximate surface area is 153 Å². The Balaban J connectivity index is 1.91. The molecule has 1 aliphatic rings. The number of carbonyl (C=O) groups is 1. The van der Waals surface area contributed by atoms with Crippen LogP contribution < -0.4 is 9.62 Å². The Morgan fingerprint density at radius 1 is 1.16 bits per heavy atom. The minimum absolute atomic E-state index is 0.139. The summed E-state index contributed by atoms with van der Waals surface area (Å²) in [5.74, 6) is 0. The molecule has 0 saturated carbocycles. The summed E-state index contributed by atoms with van der Waals surface area (Å²) < 4.78 is 2.38. The minimum atomic E-state index is -0.327. The molecule has 2 amide bonds. The predicted octanol–water partition coefficient (Wildman–Crippen LogP) is 3.77. The van der Waals surface area contributed by atoms with Crippen LogP contribution in [0, 0.1) is 6.92 Å². The summed E-state index contributed by atoms with van der Waals surface area (Å²) in [7, 11) is 4.01. The van der Waals surface area contributed by atoms with Gasteiger partial charge in [-0.25, -0.2) is 9.80 Å². The van der Waals surface area contributed by atoms with Crippen molar-refractivity contribution >= 4 is 30.2 Å². The number of nitrogens with one attached hydrogen (secondary N) is 1. The Morgan fingerprint density at radius 2 is 1.80 bits per heavy atom. The van der Waals surface area contributed by atoms with Gasteiger partial charge in [0.25, 0.3) is 0 Å². The first-order valence-electron chi connectivity index (χ1n) is 8.14. The van der Waals surface area contributed by atoms with Crippen LogP contribution in [0.25, 0.3) is 0 Å². The maximum atomic E-state index is 12.2. The smallest absolute Gasteiger partial charge is 0.348 e. The lowest BCUT2D eigenvalue weighted by Crippen LogP contribution is -2.32. The SMILES string of the molecule is Cc1ccc(C2=NN(C(=O)NS)C(c3ccc(N(C)C)cc3)C2)cc1. The monoisotopic (exact) mass is 354 g/mol. The molecule has 1 unspecified atom stereocenters. The molecule has 3 rings (SSSR count). The van der Waals surface area contributed by atoms with Gasteiger partial charge in [-0.1, -0.05) is 54.8 Å². The molecule has 0 spiro atoms. The first kappa shape index (κ1) is 17.4. The van der Waals surface area contributed by atoms with Gasteiger partial charge >= 0.3 is 6.03 Å². The summed E-state index contributed by atoms with van der Waals surface area (Å²) in [4.78, 5) is 14.3. The van der Waals surface area contributed by atoms with Gasteiger partial charge in [0.2, 0.25) is 0 Å². The van der Waals surface area contributed by atoms with Crippen molar-refractivity contribution in [2.45, 2.75) is 19.4 Å². The van der Waals surface area contributed by atoms with E-state index in [4.69, 9.17) is 0 Å². The third-order valence-electron chi connectivity index (χ3n) is 4.39. The predicted molar refractivity (Wildman–Crippen MR) is 105 cm³/mol. The average molecular weight is 354 g/mol. The van der Waals surface area contributed by atoms with Gasteiger partial charge in [-0.15, -0.1) is 0 Å². The summed E-state index contributed by atoms with van der Waals surface area (Å²) in [5, 5.41) is 6.03. The number of nitrogens with zero attached hydrogens (tertiary/aromatic N) is 3. The Morgan fingerprint density at radius 3 is 2.36 bits per heavy atom. The number of rotatable bonds is 3. The van der Waals surface area contributed by atoms with Crippen LogP contribution in [-0.4, -0.2) is 30.8 Å². The van der Waals surface area contributed by atoms with Crippen molar-refractivity contribution in [3.8, 4) is 0 Å². The molecule has 0 radical (unpaired) electrons. The topological polar surface area (TPSA) is 47.9 Å². The molecule has 5 nitrogen and oxygen atoms in total. The lowest BCUT2D eigenvalue weighted by molar-refractivity contribution is 0.193. The van der Waals surface area contributed by atoms with Crippen molar-refractivity contribution in [1.29, 1.82) is 0 Å². The number of benzene rings is 2. The maximum absolute atomic E-state index is 12.2. The van der Waals surface area contributed by atoms with Crippen molar-refractivity contribution in [2.24, 2.45) is 5.10 Å². The normalized spacial score (nSPS) is 16.6. The second-order valence-electron chi connectivity index (χ2n) is 6.38. The van der Waals surface area contributed by atoms with Crippen LogP contribution in [0.1, 0.15) is 29.2 Å². The van der Waals surface area contributed by atoms with Gasteiger partial charge in [0.1, 0.15) is 0 Å². The van der Waals surface area contributed by atoms with Crippen LogP contribution in [0.15, 0.2) is 53.6 Å². The van der Waals surface area contributed by atoms with Gasteiger partial charge in [0, 0.05) is 26.2 Å². The van der Waals surface area contributed by atoms with Gasteiger partial charge in [0.05, 0.1) is 11.8 Å². The van der Waals surface area contributed by atoms with Crippen LogP contribution in [0.5, 0.6) is 0 Å². The summed E-state index contributed by atoms with van der Waals surface area (Å²) in [5.41, 5.74) is 5.30. The molecule has 1 atom stereocenters. The summed E-state index contributed by atoms with van der Waals surface area (Å²) >= 11 is 3.90. The minimum Gasteiger partial charge on any atom is -0.378 e. The fraction of sp³-hybridized carbons (Fsp3) is 0.263. The number of aryl methyl sites for hydroxylation is 1. The van der Waals surface area contributed by atoms with Crippen LogP contribution in [0.4, 0.5) is 10.5 Å². The number of amides is 2. The zero-order valence-corrected chi connectivity index (χ0v) is 15.5. The first-order valence-corrected chi connectivity index (χ1v) is 8.59. The van der Waals surface area contributed by atoms with Crippen molar-refractivity contribution < 1.29 is 4.79 Å². The van der Waals surface area contributed by atoms with E-state index in [9.17, 15) is 4.79 Å². The van der Waals surface area contributed by atoms with Crippen LogP contribution in [-0.2, 0) is 0 Å². The van der Waals surface area contributed by atoms with E-state index in [2.05, 4.69) is 53.8 Å². The molecule has 2 aromatic carbocycles. The number of anilines is 1. The van der Waals surface area contributed by atoms with E-state index in [-0.39, 0.29) is 12.1 Å². The fourth-order valence-electron chi connectivity index (χ4n) is 2.92. The zero-order chi connectivity index (χ0) is 18.0. The summed E-state index contributed by atoms with van der Waals surface area (Å²) in [6, 6.07) is 15.9. The van der Waals surface area contributed by atoms with Crippen molar-refractivity contribution in [3.05, 3.63) is 65.2 Å². The number of hydrogen-bond donors (Lipinski definition) is 2. The Kier molecular flexibility index (Phi) is 4.99. The van der Waals surface area contributed by atoms with E-state index in [1.165, 1.54) is 10.6 Å². The van der Waals surface area contributed by atoms with Crippen molar-refractivity contribution in [2.75, 3.05) is 19.0 Å². The third-order valence-corrected chi connectivity index (χ3v) is 4.58. The molecule has 1 N–H and O–H groups in total. The lowest BCUT2D eigenvalue weighted by atomic mass is 9.98. The van der Waals surface area contributed by atoms with E-state index in [0.29, 0.717) is 6.42 Å². The Bertz CT molecular complexity index is 784. The zero-order valence-electron chi connectivity index (χ0n) is 14.6. The number of urea groups is 1. The first-order chi connectivity index (χ1) is 12.0. The van der Waals surface area contributed by atoms with Crippen LogP contribution >= 0.6 is 12.8 Å². The van der Waals surface area contributed by atoms with Gasteiger partial charge in [-0.05, 0) is 30.2 Å². The highest BCUT2D eigenvalue weighted by Gasteiger charge is 2.32. The second-order valence-corrected chi connectivity index (χ2v) is 6.60. The second kappa shape index (κ2) is 7.19. The highest BCUT2D eigenvalue weighted by Crippen LogP contribution is 2.33. The number of carbonyl (C=O) groups excluding carboxylic acids is 1. The lowest BCUT2D eigenvalue weighted by Gasteiger charge is -2.22. The molecule has 6 heteroatoms. The number of hydrazone groups is 1. The molecular formula is C19H22N4OS. The quantitative estimate of drug-likeness (QED) is 0.825. The Hall–Kier alpha value is -2.47. The van der Waals surface area contributed by atoms with E-state index in [1.807, 2.05) is 43.3 Å². The average Bonchev–Trinajstić information content (AvgIpc) is 3.07. The standard InChI is InChI=1S/C19H22N4OS/c1-13-4-6-14(7-5-13)17-12-18(23(20-17)19(24)21-25)15-8-10-16(11-9-15)22(2)3/h4-11,18,25H,12H2,1-3H3,(H,21,24). The van der Waals surface area contributed by atoms with E-state index >= 15 is 0 Å². The molecule has 1 heterocycles. The molecule has 0 aromatic heterocycles. The molecule has 1 aliphatic heterocycles. The molecule has 0 aliphatic carbocycles. The largest absolute Gasteiger partial charge is 0.378 e. The van der Waals surface area contributed by atoms with Crippen molar-refractivity contribution in [1.82, 2.24) is 9.73 Å². The molecule has 130 valence electrons. The van der Waals surface area contributed by atoms with Crippen LogP contribution in [0.2, 0.25) is 0 Å². The summed E-state index contributed by atoms with van der Waals surface area (Å²) in [6.07, 6.45) is 0.672. The number of thiol groups is 1. The molecule has 25 heavy (non-hydrogen) atoms. The molecule has 0 bridgehead atoms. The van der Waals surface area contributed by atoms with Gasteiger partial charge in [-0.3, -0.25) is 4.72 Å². The molecule has 2 aromatic rings. The van der Waals surface area contributed by atoms with E-state index < -0.39 is 0 Å². The van der Waals surface area contributed by atoms with Gasteiger partial charge < -0.3 is 4.90 Å². The van der Waals surface area contributed by atoms with E-state index in [1.54, 1.807) is 0 Å². The fourth-order valence-corrected chi connectivity index (χ4v) is 3.03. The third kappa shape index (κ3) is 3.64. The molecule has 0 saturated heterocycles.